The van der Waals surface area contributed by atoms with E-state index in [0.717, 1.165) is 22.4 Å². The lowest BCUT2D eigenvalue weighted by Gasteiger charge is -2.11. The topological polar surface area (TPSA) is 17.8 Å². The third kappa shape index (κ3) is 3.73. The van der Waals surface area contributed by atoms with E-state index in [2.05, 4.69) is 150 Å². The maximum absolute atomic E-state index is 5.02. The molecule has 214 valence electrons. The Labute approximate surface area is 269 Å². The SMILES string of the molecule is c1ccc(-c2ccc(-n3c4ccc(-c5cc6sc7ccccc7c6c6ccccc56)cc4c4c5ccccc5ccc43)nc2)cc1. The van der Waals surface area contributed by atoms with Crippen LogP contribution in [0.5, 0.6) is 0 Å². The molecule has 7 aromatic carbocycles. The van der Waals surface area contributed by atoms with E-state index in [-0.39, 0.29) is 0 Å². The molecule has 0 radical (unpaired) electrons. The Morgan fingerprint density at radius 2 is 1.15 bits per heavy atom. The van der Waals surface area contributed by atoms with Crippen molar-refractivity contribution in [3.05, 3.63) is 158 Å². The highest BCUT2D eigenvalue weighted by Gasteiger charge is 2.18. The summed E-state index contributed by atoms with van der Waals surface area (Å²) >= 11 is 1.88. The number of pyridine rings is 1. The summed E-state index contributed by atoms with van der Waals surface area (Å²) in [6, 6.07) is 55.0. The number of nitrogens with zero attached hydrogens (tertiary/aromatic N) is 2. The first-order valence-corrected chi connectivity index (χ1v) is 16.4. The van der Waals surface area contributed by atoms with Gasteiger partial charge in [-0.25, -0.2) is 4.98 Å². The van der Waals surface area contributed by atoms with Gasteiger partial charge in [0.25, 0.3) is 0 Å². The van der Waals surface area contributed by atoms with Gasteiger partial charge in [0.05, 0.1) is 11.0 Å². The molecule has 0 aliphatic heterocycles. The maximum Gasteiger partial charge on any atom is 0.137 e. The molecule has 3 heteroatoms. The fourth-order valence-corrected chi connectivity index (χ4v) is 8.51. The minimum atomic E-state index is 0.917. The van der Waals surface area contributed by atoms with E-state index in [1.54, 1.807) is 0 Å². The van der Waals surface area contributed by atoms with Crippen LogP contribution in [-0.4, -0.2) is 9.55 Å². The molecule has 0 aliphatic rings. The average molecular weight is 603 g/mol. The number of benzene rings is 7. The van der Waals surface area contributed by atoms with Crippen LogP contribution < -0.4 is 0 Å². The van der Waals surface area contributed by atoms with Gasteiger partial charge in [0, 0.05) is 42.7 Å². The standard InChI is InChI=1S/C43H26N2S/c1-2-10-27(11-3-1)30-20-23-41(44-26-30)45-37-21-19-29(24-36(37)42-31-13-5-4-12-28(31)18-22-38(42)45)35-25-40-43(33-15-7-6-14-32(33)35)34-16-8-9-17-39(34)46-40/h1-26H. The molecular formula is C43H26N2S. The van der Waals surface area contributed by atoms with Gasteiger partial charge in [-0.1, -0.05) is 109 Å². The van der Waals surface area contributed by atoms with Crippen LogP contribution in [0.1, 0.15) is 0 Å². The molecule has 2 nitrogen and oxygen atoms in total. The predicted molar refractivity (Wildman–Crippen MR) is 197 cm³/mol. The van der Waals surface area contributed by atoms with Gasteiger partial charge in [0.15, 0.2) is 0 Å². The molecular weight excluding hydrogens is 577 g/mol. The van der Waals surface area contributed by atoms with Crippen LogP contribution in [0.2, 0.25) is 0 Å². The lowest BCUT2D eigenvalue weighted by atomic mass is 9.94. The van der Waals surface area contributed by atoms with Gasteiger partial charge < -0.3 is 0 Å². The van der Waals surface area contributed by atoms with E-state index in [0.29, 0.717) is 0 Å². The molecule has 3 aromatic heterocycles. The van der Waals surface area contributed by atoms with Crippen molar-refractivity contribution >= 4 is 74.9 Å². The highest BCUT2D eigenvalue weighted by atomic mass is 32.1. The molecule has 46 heavy (non-hydrogen) atoms. The van der Waals surface area contributed by atoms with E-state index in [9.17, 15) is 0 Å². The maximum atomic E-state index is 5.02. The van der Waals surface area contributed by atoms with Crippen LogP contribution in [0.25, 0.3) is 91.6 Å². The van der Waals surface area contributed by atoms with E-state index >= 15 is 0 Å². The largest absolute Gasteiger partial charge is 0.294 e. The van der Waals surface area contributed by atoms with Gasteiger partial charge in [-0.05, 0) is 80.7 Å². The summed E-state index contributed by atoms with van der Waals surface area (Å²) in [6.45, 7) is 0. The van der Waals surface area contributed by atoms with Crippen molar-refractivity contribution in [2.75, 3.05) is 0 Å². The molecule has 0 atom stereocenters. The van der Waals surface area contributed by atoms with E-state index in [4.69, 9.17) is 4.98 Å². The summed E-state index contributed by atoms with van der Waals surface area (Å²) in [7, 11) is 0. The number of hydrogen-bond donors (Lipinski definition) is 0. The summed E-state index contributed by atoms with van der Waals surface area (Å²) in [5.74, 6) is 0.917. The molecule has 0 bridgehead atoms. The number of thiophene rings is 1. The zero-order valence-electron chi connectivity index (χ0n) is 24.8. The van der Waals surface area contributed by atoms with Gasteiger partial charge in [0.1, 0.15) is 5.82 Å². The first-order valence-electron chi connectivity index (χ1n) is 15.6. The molecule has 0 fully saturated rings. The minimum Gasteiger partial charge on any atom is -0.294 e. The van der Waals surface area contributed by atoms with Gasteiger partial charge in [-0.3, -0.25) is 4.57 Å². The average Bonchev–Trinajstić information content (AvgIpc) is 3.67. The quantitative estimate of drug-likeness (QED) is 0.197. The van der Waals surface area contributed by atoms with E-state index in [1.165, 1.54) is 69.2 Å². The van der Waals surface area contributed by atoms with Crippen LogP contribution >= 0.6 is 11.3 Å². The van der Waals surface area contributed by atoms with Crippen molar-refractivity contribution in [2.45, 2.75) is 0 Å². The number of fused-ring (bicyclic) bond motifs is 10. The molecule has 0 saturated carbocycles. The van der Waals surface area contributed by atoms with Crippen molar-refractivity contribution in [2.24, 2.45) is 0 Å². The zero-order chi connectivity index (χ0) is 30.2. The molecule has 0 aliphatic carbocycles. The molecule has 0 N–H and O–H groups in total. The van der Waals surface area contributed by atoms with Crippen molar-refractivity contribution in [3.63, 3.8) is 0 Å². The highest BCUT2D eigenvalue weighted by Crippen LogP contribution is 2.44. The minimum absolute atomic E-state index is 0.917. The first kappa shape index (κ1) is 25.5. The Kier molecular flexibility index (Phi) is 5.48. The molecule has 0 amide bonds. The molecule has 0 unspecified atom stereocenters. The van der Waals surface area contributed by atoms with Gasteiger partial charge >= 0.3 is 0 Å². The van der Waals surface area contributed by atoms with E-state index < -0.39 is 0 Å². The van der Waals surface area contributed by atoms with Gasteiger partial charge in [-0.2, -0.15) is 0 Å². The first-order chi connectivity index (χ1) is 22.8. The third-order valence-corrected chi connectivity index (χ3v) is 10.6. The molecule has 0 spiro atoms. The van der Waals surface area contributed by atoms with E-state index in [1.807, 2.05) is 23.6 Å². The van der Waals surface area contributed by atoms with Crippen LogP contribution in [0.4, 0.5) is 0 Å². The Morgan fingerprint density at radius 3 is 2.00 bits per heavy atom. The van der Waals surface area contributed by atoms with Crippen molar-refractivity contribution in [1.82, 2.24) is 9.55 Å². The fourth-order valence-electron chi connectivity index (χ4n) is 7.35. The lowest BCUT2D eigenvalue weighted by Crippen LogP contribution is -1.97. The summed E-state index contributed by atoms with van der Waals surface area (Å²) in [4.78, 5) is 5.02. The fraction of sp³-hybridized carbons (Fsp3) is 0. The van der Waals surface area contributed by atoms with Crippen molar-refractivity contribution in [3.8, 4) is 28.1 Å². The number of aromatic nitrogens is 2. The zero-order valence-corrected chi connectivity index (χ0v) is 25.6. The molecule has 0 saturated heterocycles. The van der Waals surface area contributed by atoms with Crippen LogP contribution in [0, 0.1) is 0 Å². The normalized spacial score (nSPS) is 11.9. The molecule has 10 aromatic rings. The Hall–Kier alpha value is -5.77. The molecule has 3 heterocycles. The third-order valence-electron chi connectivity index (χ3n) is 9.43. The Morgan fingerprint density at radius 1 is 0.435 bits per heavy atom. The monoisotopic (exact) mass is 602 g/mol. The summed E-state index contributed by atoms with van der Waals surface area (Å²) in [5, 5.41) is 10.3. The van der Waals surface area contributed by atoms with Gasteiger partial charge in [0.2, 0.25) is 0 Å². The smallest absolute Gasteiger partial charge is 0.137 e. The van der Waals surface area contributed by atoms with Gasteiger partial charge in [-0.15, -0.1) is 11.3 Å². The van der Waals surface area contributed by atoms with Crippen LogP contribution in [0.3, 0.4) is 0 Å². The molecule has 10 rings (SSSR count). The lowest BCUT2D eigenvalue weighted by molar-refractivity contribution is 1.08. The number of rotatable bonds is 3. The van der Waals surface area contributed by atoms with Crippen LogP contribution in [0.15, 0.2) is 158 Å². The number of hydrogen-bond acceptors (Lipinski definition) is 2. The predicted octanol–water partition coefficient (Wildman–Crippen LogP) is 12.2. The highest BCUT2D eigenvalue weighted by molar-refractivity contribution is 7.26. The summed E-state index contributed by atoms with van der Waals surface area (Å²) in [6.07, 6.45) is 1.99. The summed E-state index contributed by atoms with van der Waals surface area (Å²) < 4.78 is 4.98. The second kappa shape index (κ2) is 9.87. The van der Waals surface area contributed by atoms with Crippen molar-refractivity contribution in [1.29, 1.82) is 0 Å². The second-order valence-electron chi connectivity index (χ2n) is 12.0. The van der Waals surface area contributed by atoms with Crippen molar-refractivity contribution < 1.29 is 0 Å². The van der Waals surface area contributed by atoms with Crippen LogP contribution in [-0.2, 0) is 0 Å². The Bertz CT molecular complexity index is 2790. The Balaban J connectivity index is 1.25. The summed E-state index contributed by atoms with van der Waals surface area (Å²) in [5.41, 5.74) is 7.09. The second-order valence-corrected chi connectivity index (χ2v) is 13.0.